The van der Waals surface area contributed by atoms with Gasteiger partial charge in [0.25, 0.3) is 5.91 Å². The second-order valence-electron chi connectivity index (χ2n) is 6.39. The zero-order chi connectivity index (χ0) is 16.1. The molecule has 23 heavy (non-hydrogen) atoms. The first-order valence-corrected chi connectivity index (χ1v) is 9.67. The van der Waals surface area contributed by atoms with E-state index in [4.69, 9.17) is 4.74 Å². The number of thioether (sulfide) groups is 1. The van der Waals surface area contributed by atoms with E-state index in [-0.39, 0.29) is 12.5 Å². The first-order valence-electron chi connectivity index (χ1n) is 8.51. The van der Waals surface area contributed by atoms with E-state index in [1.54, 1.807) is 0 Å². The van der Waals surface area contributed by atoms with E-state index in [0.717, 1.165) is 50.0 Å². The number of rotatable bonds is 4. The summed E-state index contributed by atoms with van der Waals surface area (Å²) >= 11 is 2.05. The van der Waals surface area contributed by atoms with Crippen LogP contribution in [0.5, 0.6) is 5.75 Å². The third-order valence-electron chi connectivity index (χ3n) is 4.66. The van der Waals surface area contributed by atoms with Crippen LogP contribution in [0, 0.1) is 6.92 Å². The van der Waals surface area contributed by atoms with E-state index in [0.29, 0.717) is 0 Å². The Hall–Kier alpha value is -1.20. The van der Waals surface area contributed by atoms with Gasteiger partial charge in [-0.25, -0.2) is 0 Å². The smallest absolute Gasteiger partial charge is 0.260 e. The molecular weight excluding hydrogens is 308 g/mol. The third-order valence-corrected chi connectivity index (χ3v) is 5.80. The van der Waals surface area contributed by atoms with Crippen LogP contribution in [-0.4, -0.2) is 66.0 Å². The lowest BCUT2D eigenvalue weighted by Crippen LogP contribution is -2.40. The second-order valence-corrected chi connectivity index (χ2v) is 7.54. The summed E-state index contributed by atoms with van der Waals surface area (Å²) in [5.74, 6) is 3.42. The molecule has 1 amide bonds. The van der Waals surface area contributed by atoms with Gasteiger partial charge < -0.3 is 9.64 Å². The van der Waals surface area contributed by atoms with Crippen molar-refractivity contribution in [2.45, 2.75) is 25.8 Å². The van der Waals surface area contributed by atoms with E-state index >= 15 is 0 Å². The summed E-state index contributed by atoms with van der Waals surface area (Å²) < 4.78 is 5.66. The first-order chi connectivity index (χ1) is 11.2. The average molecular weight is 334 g/mol. The molecule has 0 aromatic heterocycles. The number of carbonyl (C=O) groups excluding carboxylic acids is 1. The molecule has 1 aromatic rings. The SMILES string of the molecule is Cc1cccc(OCC(=O)N2CCCN(C3CCSC3)CC2)c1. The van der Waals surface area contributed by atoms with E-state index in [1.807, 2.05) is 36.1 Å². The minimum absolute atomic E-state index is 0.106. The van der Waals surface area contributed by atoms with Gasteiger partial charge >= 0.3 is 0 Å². The Balaban J connectivity index is 1.47. The van der Waals surface area contributed by atoms with Crippen LogP contribution < -0.4 is 4.74 Å². The second kappa shape index (κ2) is 8.06. The van der Waals surface area contributed by atoms with E-state index in [2.05, 4.69) is 16.7 Å². The molecule has 0 radical (unpaired) electrons. The molecule has 0 spiro atoms. The summed E-state index contributed by atoms with van der Waals surface area (Å²) in [4.78, 5) is 17.0. The highest BCUT2D eigenvalue weighted by atomic mass is 32.2. The van der Waals surface area contributed by atoms with Crippen molar-refractivity contribution >= 4 is 17.7 Å². The lowest BCUT2D eigenvalue weighted by Gasteiger charge is -2.26. The Morgan fingerprint density at radius 3 is 3.00 bits per heavy atom. The fourth-order valence-corrected chi connectivity index (χ4v) is 4.56. The van der Waals surface area contributed by atoms with Gasteiger partial charge in [0.15, 0.2) is 6.61 Å². The number of benzene rings is 1. The minimum Gasteiger partial charge on any atom is -0.484 e. The normalized spacial score (nSPS) is 22.8. The molecule has 0 N–H and O–H groups in total. The van der Waals surface area contributed by atoms with Crippen LogP contribution in [-0.2, 0) is 4.79 Å². The fraction of sp³-hybridized carbons (Fsp3) is 0.611. The maximum absolute atomic E-state index is 12.4. The molecule has 0 aliphatic carbocycles. The molecule has 126 valence electrons. The Labute approximate surface area is 143 Å². The standard InChI is InChI=1S/C18H26N2O2S/c1-15-4-2-5-17(12-15)22-13-18(21)20-8-3-7-19(9-10-20)16-6-11-23-14-16/h2,4-5,12,16H,3,6-11,13-14H2,1H3. The highest BCUT2D eigenvalue weighted by molar-refractivity contribution is 7.99. The quantitative estimate of drug-likeness (QED) is 0.847. The van der Waals surface area contributed by atoms with Crippen LogP contribution in [0.15, 0.2) is 24.3 Å². The van der Waals surface area contributed by atoms with Crippen molar-refractivity contribution in [3.63, 3.8) is 0 Å². The van der Waals surface area contributed by atoms with Crippen molar-refractivity contribution in [2.75, 3.05) is 44.3 Å². The van der Waals surface area contributed by atoms with Gasteiger partial charge in [-0.3, -0.25) is 9.69 Å². The highest BCUT2D eigenvalue weighted by Crippen LogP contribution is 2.23. The van der Waals surface area contributed by atoms with Gasteiger partial charge in [-0.2, -0.15) is 11.8 Å². The van der Waals surface area contributed by atoms with Crippen LogP contribution in [0.2, 0.25) is 0 Å². The van der Waals surface area contributed by atoms with E-state index < -0.39 is 0 Å². The molecule has 2 heterocycles. The summed E-state index contributed by atoms with van der Waals surface area (Å²) in [5, 5.41) is 0. The molecule has 1 aromatic carbocycles. The number of hydrogen-bond donors (Lipinski definition) is 0. The Kier molecular flexibility index (Phi) is 5.84. The molecule has 4 nitrogen and oxygen atoms in total. The zero-order valence-corrected chi connectivity index (χ0v) is 14.7. The van der Waals surface area contributed by atoms with Crippen LogP contribution in [0.25, 0.3) is 0 Å². The highest BCUT2D eigenvalue weighted by Gasteiger charge is 2.26. The lowest BCUT2D eigenvalue weighted by molar-refractivity contribution is -0.133. The maximum atomic E-state index is 12.4. The number of amides is 1. The van der Waals surface area contributed by atoms with Crippen LogP contribution in [0.3, 0.4) is 0 Å². The van der Waals surface area contributed by atoms with Crippen molar-refractivity contribution in [3.8, 4) is 5.75 Å². The monoisotopic (exact) mass is 334 g/mol. The first kappa shape index (κ1) is 16.7. The summed E-state index contributed by atoms with van der Waals surface area (Å²) in [7, 11) is 0. The molecule has 1 unspecified atom stereocenters. The number of ether oxygens (including phenoxy) is 1. The molecule has 0 saturated carbocycles. The van der Waals surface area contributed by atoms with Crippen molar-refractivity contribution in [2.24, 2.45) is 0 Å². The van der Waals surface area contributed by atoms with Gasteiger partial charge in [0.1, 0.15) is 5.75 Å². The van der Waals surface area contributed by atoms with Gasteiger partial charge in [0.05, 0.1) is 0 Å². The molecule has 1 atom stereocenters. The van der Waals surface area contributed by atoms with E-state index in [1.165, 1.54) is 17.9 Å². The van der Waals surface area contributed by atoms with Crippen molar-refractivity contribution < 1.29 is 9.53 Å². The number of hydrogen-bond acceptors (Lipinski definition) is 4. The summed E-state index contributed by atoms with van der Waals surface area (Å²) in [5.41, 5.74) is 1.15. The summed E-state index contributed by atoms with van der Waals surface area (Å²) in [6, 6.07) is 8.58. The van der Waals surface area contributed by atoms with Gasteiger partial charge in [0, 0.05) is 38.0 Å². The van der Waals surface area contributed by atoms with Crippen LogP contribution in [0.1, 0.15) is 18.4 Å². The molecule has 0 bridgehead atoms. The lowest BCUT2D eigenvalue weighted by atomic mass is 10.2. The zero-order valence-electron chi connectivity index (χ0n) is 13.9. The summed E-state index contributed by atoms with van der Waals surface area (Å²) in [6.45, 7) is 5.97. The Bertz CT molecular complexity index is 532. The number of nitrogens with zero attached hydrogens (tertiary/aromatic N) is 2. The van der Waals surface area contributed by atoms with Gasteiger partial charge in [-0.15, -0.1) is 0 Å². The molecule has 2 aliphatic heterocycles. The van der Waals surface area contributed by atoms with Crippen LogP contribution in [0.4, 0.5) is 0 Å². The van der Waals surface area contributed by atoms with Crippen LogP contribution >= 0.6 is 11.8 Å². The third kappa shape index (κ3) is 4.64. The Morgan fingerprint density at radius 1 is 1.30 bits per heavy atom. The molecule has 5 heteroatoms. The Morgan fingerprint density at radius 2 is 2.22 bits per heavy atom. The average Bonchev–Trinajstić information content (AvgIpc) is 2.97. The topological polar surface area (TPSA) is 32.8 Å². The largest absolute Gasteiger partial charge is 0.484 e. The van der Waals surface area contributed by atoms with Crippen molar-refractivity contribution in [3.05, 3.63) is 29.8 Å². The van der Waals surface area contributed by atoms with Crippen molar-refractivity contribution in [1.29, 1.82) is 0 Å². The minimum atomic E-state index is 0.106. The molecular formula is C18H26N2O2S. The number of carbonyl (C=O) groups is 1. The predicted octanol–water partition coefficient (Wildman–Crippen LogP) is 2.41. The fourth-order valence-electron chi connectivity index (χ4n) is 3.30. The molecule has 2 fully saturated rings. The number of aryl methyl sites for hydroxylation is 1. The van der Waals surface area contributed by atoms with Crippen molar-refractivity contribution in [1.82, 2.24) is 9.80 Å². The van der Waals surface area contributed by atoms with Gasteiger partial charge in [0.2, 0.25) is 0 Å². The van der Waals surface area contributed by atoms with E-state index in [9.17, 15) is 4.79 Å². The molecule has 3 rings (SSSR count). The van der Waals surface area contributed by atoms with Gasteiger partial charge in [-0.05, 0) is 43.2 Å². The predicted molar refractivity (Wildman–Crippen MR) is 95.2 cm³/mol. The molecule has 2 saturated heterocycles. The maximum Gasteiger partial charge on any atom is 0.260 e. The molecule has 2 aliphatic rings. The van der Waals surface area contributed by atoms with Gasteiger partial charge in [-0.1, -0.05) is 12.1 Å². The summed E-state index contributed by atoms with van der Waals surface area (Å²) in [6.07, 6.45) is 2.37.